The Morgan fingerprint density at radius 1 is 1.41 bits per heavy atom. The molecule has 9 nitrogen and oxygen atoms in total. The number of halogens is 1. The van der Waals surface area contributed by atoms with Crippen LogP contribution >= 0.6 is 11.6 Å². The van der Waals surface area contributed by atoms with Crippen LogP contribution in [-0.2, 0) is 20.9 Å². The first-order chi connectivity index (χ1) is 12.8. The summed E-state index contributed by atoms with van der Waals surface area (Å²) >= 11 is 5.92. The molecule has 1 atom stereocenters. The number of urea groups is 1. The third-order valence-corrected chi connectivity index (χ3v) is 4.48. The largest absolute Gasteiger partial charge is 0.454 e. The van der Waals surface area contributed by atoms with Gasteiger partial charge in [-0.1, -0.05) is 35.8 Å². The molecule has 1 saturated heterocycles. The maximum absolute atomic E-state index is 12.2. The molecule has 2 aromatic rings. The van der Waals surface area contributed by atoms with Crippen molar-refractivity contribution >= 4 is 29.5 Å². The highest BCUT2D eigenvalue weighted by atomic mass is 35.5. The van der Waals surface area contributed by atoms with Crippen molar-refractivity contribution in [3.05, 3.63) is 35.2 Å². The fourth-order valence-corrected chi connectivity index (χ4v) is 2.70. The number of ether oxygens (including phenoxy) is 1. The number of nitrogens with zero attached hydrogens (tertiary/aromatic N) is 3. The van der Waals surface area contributed by atoms with Gasteiger partial charge in [0.05, 0.1) is 0 Å². The Hall–Kier alpha value is -2.94. The van der Waals surface area contributed by atoms with Crippen LogP contribution in [0, 0.1) is 0 Å². The highest BCUT2D eigenvalue weighted by Crippen LogP contribution is 2.21. The molecule has 1 aromatic heterocycles. The second kappa shape index (κ2) is 7.36. The molecule has 1 fully saturated rings. The zero-order valence-electron chi connectivity index (χ0n) is 14.7. The van der Waals surface area contributed by atoms with Crippen molar-refractivity contribution in [1.82, 2.24) is 20.4 Å². The maximum Gasteiger partial charge on any atom is 0.326 e. The first-order valence-corrected chi connectivity index (χ1v) is 8.58. The molecule has 10 heteroatoms. The quantitative estimate of drug-likeness (QED) is 0.591. The fraction of sp³-hybridized carbons (Fsp3) is 0.353. The van der Waals surface area contributed by atoms with Crippen molar-refractivity contribution in [2.75, 3.05) is 6.54 Å². The molecule has 1 aliphatic rings. The number of hydrogen-bond donors (Lipinski definition) is 1. The van der Waals surface area contributed by atoms with E-state index in [4.69, 9.17) is 20.9 Å². The molecule has 27 heavy (non-hydrogen) atoms. The Morgan fingerprint density at radius 2 is 2.19 bits per heavy atom. The molecular formula is C17H17ClN4O5. The maximum atomic E-state index is 12.2. The second-order valence-corrected chi connectivity index (χ2v) is 6.63. The number of carbonyl (C=O) groups excluding carboxylic acids is 3. The Bertz CT molecular complexity index is 899. The van der Waals surface area contributed by atoms with Gasteiger partial charge in [-0.25, -0.2) is 4.79 Å². The molecule has 0 spiro atoms. The van der Waals surface area contributed by atoms with Crippen LogP contribution in [0.5, 0.6) is 0 Å². The van der Waals surface area contributed by atoms with Gasteiger partial charge in [-0.05, 0) is 25.5 Å². The standard InChI is InChI=1S/C17H17ClN4O5/c1-3-17(2)15(24)22(16(25)20-17)8-13(23)26-9-12-19-14(21-27-12)10-5-4-6-11(18)7-10/h4-7H,3,8-9H2,1-2H3,(H,20,25)/t17-/m0/s1. The van der Waals surface area contributed by atoms with Gasteiger partial charge in [-0.15, -0.1) is 0 Å². The zero-order valence-corrected chi connectivity index (χ0v) is 15.4. The van der Waals surface area contributed by atoms with Crippen LogP contribution in [0.1, 0.15) is 26.2 Å². The van der Waals surface area contributed by atoms with Gasteiger partial charge in [0, 0.05) is 10.6 Å². The highest BCUT2D eigenvalue weighted by molar-refractivity contribution is 6.30. The summed E-state index contributed by atoms with van der Waals surface area (Å²) in [4.78, 5) is 41.1. The highest BCUT2D eigenvalue weighted by Gasteiger charge is 2.47. The van der Waals surface area contributed by atoms with Crippen molar-refractivity contribution in [2.45, 2.75) is 32.4 Å². The molecule has 1 aliphatic heterocycles. The molecule has 142 valence electrons. The van der Waals surface area contributed by atoms with Crippen molar-refractivity contribution in [2.24, 2.45) is 0 Å². The summed E-state index contributed by atoms with van der Waals surface area (Å²) in [6.07, 6.45) is 0.414. The van der Waals surface area contributed by atoms with Gasteiger partial charge in [-0.2, -0.15) is 4.98 Å². The molecule has 0 bridgehead atoms. The van der Waals surface area contributed by atoms with E-state index >= 15 is 0 Å². The number of rotatable bonds is 6. The summed E-state index contributed by atoms with van der Waals surface area (Å²) in [5.74, 6) is -0.848. The number of benzene rings is 1. The third-order valence-electron chi connectivity index (χ3n) is 4.25. The molecule has 0 saturated carbocycles. The van der Waals surface area contributed by atoms with Crippen LogP contribution in [0.15, 0.2) is 28.8 Å². The minimum atomic E-state index is -1.00. The van der Waals surface area contributed by atoms with Crippen molar-refractivity contribution in [1.29, 1.82) is 0 Å². The van der Waals surface area contributed by atoms with Crippen molar-refractivity contribution in [3.8, 4) is 11.4 Å². The van der Waals surface area contributed by atoms with E-state index in [1.54, 1.807) is 38.1 Å². The number of imide groups is 1. The van der Waals surface area contributed by atoms with Crippen LogP contribution in [0.25, 0.3) is 11.4 Å². The first-order valence-electron chi connectivity index (χ1n) is 8.20. The lowest BCUT2D eigenvalue weighted by Crippen LogP contribution is -2.43. The van der Waals surface area contributed by atoms with E-state index in [0.717, 1.165) is 4.90 Å². The van der Waals surface area contributed by atoms with E-state index < -0.39 is 30.0 Å². The predicted molar refractivity (Wildman–Crippen MR) is 93.5 cm³/mol. The lowest BCUT2D eigenvalue weighted by atomic mass is 9.99. The molecule has 0 unspecified atom stereocenters. The topological polar surface area (TPSA) is 115 Å². The third kappa shape index (κ3) is 3.92. The fourth-order valence-electron chi connectivity index (χ4n) is 2.51. The Labute approximate surface area is 159 Å². The predicted octanol–water partition coefficient (Wildman–Crippen LogP) is 2.15. The Kier molecular flexibility index (Phi) is 5.13. The number of amides is 3. The van der Waals surface area contributed by atoms with Crippen LogP contribution < -0.4 is 5.32 Å². The van der Waals surface area contributed by atoms with Gasteiger partial charge in [0.2, 0.25) is 5.82 Å². The summed E-state index contributed by atoms with van der Waals surface area (Å²) in [5.41, 5.74) is -0.350. The van der Waals surface area contributed by atoms with Crippen LogP contribution in [0.2, 0.25) is 5.02 Å². The summed E-state index contributed by atoms with van der Waals surface area (Å²) in [6, 6.07) is 6.27. The minimum absolute atomic E-state index is 0.0777. The van der Waals surface area contributed by atoms with Crippen LogP contribution in [-0.4, -0.2) is 45.0 Å². The normalized spacial score (nSPS) is 19.3. The number of hydrogen-bond acceptors (Lipinski definition) is 7. The summed E-state index contributed by atoms with van der Waals surface area (Å²) in [5, 5.41) is 6.89. The smallest absolute Gasteiger partial charge is 0.326 e. The Morgan fingerprint density at radius 3 is 2.85 bits per heavy atom. The van der Waals surface area contributed by atoms with Gasteiger partial charge in [-0.3, -0.25) is 14.5 Å². The van der Waals surface area contributed by atoms with Gasteiger partial charge in [0.1, 0.15) is 12.1 Å². The van der Waals surface area contributed by atoms with E-state index in [0.29, 0.717) is 22.8 Å². The van der Waals surface area contributed by atoms with E-state index in [-0.39, 0.29) is 12.5 Å². The van der Waals surface area contributed by atoms with E-state index in [9.17, 15) is 14.4 Å². The summed E-state index contributed by atoms with van der Waals surface area (Å²) in [6.45, 7) is 2.61. The zero-order chi connectivity index (χ0) is 19.6. The summed E-state index contributed by atoms with van der Waals surface area (Å²) in [7, 11) is 0. The average molecular weight is 393 g/mol. The van der Waals surface area contributed by atoms with Crippen molar-refractivity contribution in [3.63, 3.8) is 0 Å². The van der Waals surface area contributed by atoms with E-state index in [1.807, 2.05) is 0 Å². The number of carbonyl (C=O) groups is 3. The van der Waals surface area contributed by atoms with Gasteiger partial charge < -0.3 is 14.6 Å². The lowest BCUT2D eigenvalue weighted by Gasteiger charge is -2.18. The number of aromatic nitrogens is 2. The first kappa shape index (κ1) is 18.8. The molecule has 2 heterocycles. The number of nitrogens with one attached hydrogen (secondary N) is 1. The van der Waals surface area contributed by atoms with Gasteiger partial charge in [0.25, 0.3) is 11.8 Å². The molecule has 3 rings (SSSR count). The Balaban J connectivity index is 1.57. The molecule has 0 radical (unpaired) electrons. The average Bonchev–Trinajstić information content (AvgIpc) is 3.19. The summed E-state index contributed by atoms with van der Waals surface area (Å²) < 4.78 is 10.1. The van der Waals surface area contributed by atoms with E-state index in [1.165, 1.54) is 0 Å². The lowest BCUT2D eigenvalue weighted by molar-refractivity contribution is -0.149. The molecule has 1 N–H and O–H groups in total. The van der Waals surface area contributed by atoms with E-state index in [2.05, 4.69) is 15.5 Å². The molecule has 1 aromatic carbocycles. The minimum Gasteiger partial charge on any atom is -0.454 e. The SMILES string of the molecule is CC[C@]1(C)NC(=O)N(CC(=O)OCc2nc(-c3cccc(Cl)c3)no2)C1=O. The van der Waals surface area contributed by atoms with Crippen LogP contribution in [0.4, 0.5) is 4.79 Å². The second-order valence-electron chi connectivity index (χ2n) is 6.19. The molecule has 0 aliphatic carbocycles. The van der Waals surface area contributed by atoms with Gasteiger partial charge in [0.15, 0.2) is 6.61 Å². The monoisotopic (exact) mass is 392 g/mol. The van der Waals surface area contributed by atoms with Gasteiger partial charge >= 0.3 is 12.0 Å². The van der Waals surface area contributed by atoms with Crippen molar-refractivity contribution < 1.29 is 23.6 Å². The van der Waals surface area contributed by atoms with Crippen LogP contribution in [0.3, 0.4) is 0 Å². The number of esters is 1. The molecular weight excluding hydrogens is 376 g/mol. The molecule has 3 amide bonds.